The zero-order valence-corrected chi connectivity index (χ0v) is 9.99. The Morgan fingerprint density at radius 2 is 2.06 bits per heavy atom. The summed E-state index contributed by atoms with van der Waals surface area (Å²) in [4.78, 5) is 11.4. The molecule has 0 atom stereocenters. The first-order valence-electron chi connectivity index (χ1n) is 5.63. The molecule has 0 spiro atoms. The van der Waals surface area contributed by atoms with E-state index in [0.29, 0.717) is 29.7 Å². The van der Waals surface area contributed by atoms with Crippen molar-refractivity contribution in [3.05, 3.63) is 23.3 Å². The Bertz CT molecular complexity index is 461. The van der Waals surface area contributed by atoms with Gasteiger partial charge < -0.3 is 14.9 Å². The van der Waals surface area contributed by atoms with Crippen LogP contribution in [-0.2, 0) is 10.2 Å². The Balaban J connectivity index is 2.57. The highest BCUT2D eigenvalue weighted by Gasteiger charge is 2.48. The van der Waals surface area contributed by atoms with Crippen LogP contribution in [0.3, 0.4) is 0 Å². The maximum Gasteiger partial charge on any atom is 0.314 e. The molecule has 0 radical (unpaired) electrons. The van der Waals surface area contributed by atoms with E-state index in [2.05, 4.69) is 0 Å². The highest BCUT2D eigenvalue weighted by molar-refractivity contribution is 5.84. The predicted molar refractivity (Wildman–Crippen MR) is 62.6 cm³/mol. The van der Waals surface area contributed by atoms with Gasteiger partial charge in [0.25, 0.3) is 0 Å². The molecule has 1 fully saturated rings. The fourth-order valence-electron chi connectivity index (χ4n) is 2.36. The van der Waals surface area contributed by atoms with Crippen LogP contribution in [0.25, 0.3) is 0 Å². The molecular formula is C13H16O4. The van der Waals surface area contributed by atoms with Gasteiger partial charge in [-0.1, -0.05) is 6.42 Å². The molecule has 4 nitrogen and oxygen atoms in total. The zero-order chi connectivity index (χ0) is 12.6. The third kappa shape index (κ3) is 1.64. The van der Waals surface area contributed by atoms with Crippen molar-refractivity contribution in [3.63, 3.8) is 0 Å². The summed E-state index contributed by atoms with van der Waals surface area (Å²) in [6, 6.07) is 3.34. The van der Waals surface area contributed by atoms with Crippen molar-refractivity contribution >= 4 is 5.97 Å². The number of aliphatic carboxylic acids is 1. The van der Waals surface area contributed by atoms with Gasteiger partial charge >= 0.3 is 5.97 Å². The van der Waals surface area contributed by atoms with E-state index in [4.69, 9.17) is 4.74 Å². The molecule has 1 aromatic rings. The topological polar surface area (TPSA) is 66.8 Å². The molecule has 92 valence electrons. The standard InChI is InChI=1S/C13H16O4/c1-8-6-9(17-2)7-10(11(8)14)13(12(15)16)4-3-5-13/h6-7,14H,3-5H2,1-2H3,(H,15,16). The van der Waals surface area contributed by atoms with Crippen molar-refractivity contribution in [2.45, 2.75) is 31.6 Å². The lowest BCUT2D eigenvalue weighted by atomic mass is 9.64. The van der Waals surface area contributed by atoms with Gasteiger partial charge in [-0.25, -0.2) is 0 Å². The number of phenols is 1. The number of phenolic OH excluding ortho intramolecular Hbond substituents is 1. The van der Waals surface area contributed by atoms with Crippen molar-refractivity contribution in [1.29, 1.82) is 0 Å². The summed E-state index contributed by atoms with van der Waals surface area (Å²) < 4.78 is 5.13. The van der Waals surface area contributed by atoms with Crippen LogP contribution in [0.5, 0.6) is 11.5 Å². The van der Waals surface area contributed by atoms with Gasteiger partial charge in [-0.05, 0) is 37.5 Å². The number of methoxy groups -OCH3 is 1. The van der Waals surface area contributed by atoms with Crippen LogP contribution in [-0.4, -0.2) is 23.3 Å². The molecule has 4 heteroatoms. The number of benzene rings is 1. The SMILES string of the molecule is COc1cc(C)c(O)c(C2(C(=O)O)CCC2)c1. The Labute approximate surface area is 99.8 Å². The van der Waals surface area contributed by atoms with Crippen LogP contribution in [0.4, 0.5) is 0 Å². The van der Waals surface area contributed by atoms with Gasteiger partial charge in [0.2, 0.25) is 0 Å². The minimum Gasteiger partial charge on any atom is -0.507 e. The molecule has 0 unspecified atom stereocenters. The summed E-state index contributed by atoms with van der Waals surface area (Å²) in [6.45, 7) is 1.75. The number of carboxylic acid groups (broad SMARTS) is 1. The lowest BCUT2D eigenvalue weighted by Crippen LogP contribution is -2.42. The lowest BCUT2D eigenvalue weighted by molar-refractivity contribution is -0.147. The number of ether oxygens (including phenoxy) is 1. The minimum atomic E-state index is -0.927. The fraction of sp³-hybridized carbons (Fsp3) is 0.462. The quantitative estimate of drug-likeness (QED) is 0.844. The number of aromatic hydroxyl groups is 1. The van der Waals surface area contributed by atoms with Gasteiger partial charge in [0.05, 0.1) is 12.5 Å². The average molecular weight is 236 g/mol. The molecule has 0 bridgehead atoms. The molecule has 0 heterocycles. The van der Waals surface area contributed by atoms with Crippen LogP contribution in [0.1, 0.15) is 30.4 Å². The highest BCUT2D eigenvalue weighted by Crippen LogP contribution is 2.48. The first kappa shape index (κ1) is 11.8. The second kappa shape index (κ2) is 3.95. The molecule has 1 aliphatic rings. The predicted octanol–water partition coefficient (Wildman–Crippen LogP) is 2.22. The van der Waals surface area contributed by atoms with Gasteiger partial charge in [-0.2, -0.15) is 0 Å². The summed E-state index contributed by atoms with van der Waals surface area (Å²) >= 11 is 0. The van der Waals surface area contributed by atoms with Crippen LogP contribution in [0.2, 0.25) is 0 Å². The normalized spacial score (nSPS) is 17.3. The van der Waals surface area contributed by atoms with Crippen molar-refractivity contribution in [2.75, 3.05) is 7.11 Å². The van der Waals surface area contributed by atoms with E-state index in [1.54, 1.807) is 19.1 Å². The van der Waals surface area contributed by atoms with E-state index in [1.165, 1.54) is 7.11 Å². The third-order valence-corrected chi connectivity index (χ3v) is 3.64. The number of aryl methyl sites for hydroxylation is 1. The van der Waals surface area contributed by atoms with Gasteiger partial charge in [0, 0.05) is 5.56 Å². The van der Waals surface area contributed by atoms with Gasteiger partial charge in [0.1, 0.15) is 11.5 Å². The van der Waals surface area contributed by atoms with Gasteiger partial charge in [-0.3, -0.25) is 4.79 Å². The summed E-state index contributed by atoms with van der Waals surface area (Å²) in [5.74, 6) is -0.206. The molecule has 2 N–H and O–H groups in total. The maximum absolute atomic E-state index is 11.4. The summed E-state index contributed by atoms with van der Waals surface area (Å²) in [7, 11) is 1.53. The van der Waals surface area contributed by atoms with E-state index in [1.807, 2.05) is 0 Å². The van der Waals surface area contributed by atoms with Crippen molar-refractivity contribution in [1.82, 2.24) is 0 Å². The molecule has 0 aromatic heterocycles. The van der Waals surface area contributed by atoms with Gasteiger partial charge in [-0.15, -0.1) is 0 Å². The number of hydrogen-bond donors (Lipinski definition) is 2. The summed E-state index contributed by atoms with van der Waals surface area (Å²) in [6.07, 6.45) is 2.02. The van der Waals surface area contributed by atoms with Crippen LogP contribution in [0.15, 0.2) is 12.1 Å². The largest absolute Gasteiger partial charge is 0.507 e. The first-order chi connectivity index (χ1) is 8.01. The van der Waals surface area contributed by atoms with Crippen molar-refractivity contribution in [2.24, 2.45) is 0 Å². The van der Waals surface area contributed by atoms with E-state index >= 15 is 0 Å². The highest BCUT2D eigenvalue weighted by atomic mass is 16.5. The second-order valence-corrected chi connectivity index (χ2v) is 4.58. The fourth-order valence-corrected chi connectivity index (χ4v) is 2.36. The molecular weight excluding hydrogens is 220 g/mol. The smallest absolute Gasteiger partial charge is 0.314 e. The third-order valence-electron chi connectivity index (χ3n) is 3.64. The first-order valence-corrected chi connectivity index (χ1v) is 5.63. The van der Waals surface area contributed by atoms with E-state index < -0.39 is 11.4 Å². The molecule has 0 aliphatic heterocycles. The van der Waals surface area contributed by atoms with Crippen LogP contribution >= 0.6 is 0 Å². The zero-order valence-electron chi connectivity index (χ0n) is 9.99. The molecule has 1 aromatic carbocycles. The molecule has 0 amide bonds. The molecule has 1 aliphatic carbocycles. The van der Waals surface area contributed by atoms with Gasteiger partial charge in [0.15, 0.2) is 0 Å². The van der Waals surface area contributed by atoms with Crippen molar-refractivity contribution in [3.8, 4) is 11.5 Å². The summed E-state index contributed by atoms with van der Waals surface area (Å²) in [5.41, 5.74) is 0.198. The average Bonchev–Trinajstić information content (AvgIpc) is 2.21. The maximum atomic E-state index is 11.4. The minimum absolute atomic E-state index is 0.0768. The van der Waals surface area contributed by atoms with Crippen LogP contribution in [0, 0.1) is 6.92 Å². The van der Waals surface area contributed by atoms with Crippen LogP contribution < -0.4 is 4.74 Å². The molecule has 2 rings (SSSR count). The number of hydrogen-bond acceptors (Lipinski definition) is 3. The van der Waals surface area contributed by atoms with E-state index in [0.717, 1.165) is 6.42 Å². The monoisotopic (exact) mass is 236 g/mol. The van der Waals surface area contributed by atoms with E-state index in [9.17, 15) is 15.0 Å². The van der Waals surface area contributed by atoms with E-state index in [-0.39, 0.29) is 5.75 Å². The Kier molecular flexibility index (Phi) is 2.73. The number of rotatable bonds is 3. The summed E-state index contributed by atoms with van der Waals surface area (Å²) in [5, 5.41) is 19.4. The Morgan fingerprint density at radius 3 is 2.47 bits per heavy atom. The Morgan fingerprint density at radius 1 is 1.41 bits per heavy atom. The lowest BCUT2D eigenvalue weighted by Gasteiger charge is -2.38. The molecule has 1 saturated carbocycles. The Hall–Kier alpha value is -1.71. The molecule has 17 heavy (non-hydrogen) atoms. The molecule has 0 saturated heterocycles. The van der Waals surface area contributed by atoms with Crippen molar-refractivity contribution < 1.29 is 19.7 Å². The number of carbonyl (C=O) groups is 1. The second-order valence-electron chi connectivity index (χ2n) is 4.58. The number of carboxylic acids is 1.